The minimum absolute atomic E-state index is 0.0632. The van der Waals surface area contributed by atoms with Gasteiger partial charge in [-0.25, -0.2) is 0 Å². The lowest BCUT2D eigenvalue weighted by Gasteiger charge is -2.27. The van der Waals surface area contributed by atoms with Gasteiger partial charge in [0, 0.05) is 18.7 Å². The molecule has 3 rings (SSSR count). The van der Waals surface area contributed by atoms with Crippen molar-refractivity contribution >= 4 is 29.1 Å². The Kier molecular flexibility index (Phi) is 7.50. The van der Waals surface area contributed by atoms with E-state index in [2.05, 4.69) is 0 Å². The lowest BCUT2D eigenvalue weighted by Crippen LogP contribution is -2.35. The third-order valence-electron chi connectivity index (χ3n) is 5.35. The van der Waals surface area contributed by atoms with Gasteiger partial charge < -0.3 is 29.5 Å². The number of ketones is 1. The molecule has 0 saturated carbocycles. The topological polar surface area (TPSA) is 99.5 Å². The minimum Gasteiger partial charge on any atom is -0.507 e. The number of likely N-dealkylation sites (N-methyl/N-ethyl adjacent to an activating group) is 1. The van der Waals surface area contributed by atoms with Crippen molar-refractivity contribution in [1.82, 2.24) is 9.80 Å². The zero-order valence-electron chi connectivity index (χ0n) is 19.0. The molecule has 1 fully saturated rings. The number of hydrogen-bond donors (Lipinski definition) is 2. The molecule has 0 spiro atoms. The summed E-state index contributed by atoms with van der Waals surface area (Å²) in [5.74, 6) is -1.30. The third kappa shape index (κ3) is 4.91. The van der Waals surface area contributed by atoms with Crippen LogP contribution in [-0.2, 0) is 9.59 Å². The smallest absolute Gasteiger partial charge is 0.295 e. The quantitative estimate of drug-likeness (QED) is 0.343. The third-order valence-corrected chi connectivity index (χ3v) is 5.65. The largest absolute Gasteiger partial charge is 0.507 e. The van der Waals surface area contributed by atoms with Crippen LogP contribution in [0, 0.1) is 0 Å². The van der Waals surface area contributed by atoms with Crippen molar-refractivity contribution in [3.05, 3.63) is 58.1 Å². The number of Topliss-reactive ketones (excluding diaryl/α,β-unsaturated/α-hetero) is 1. The molecule has 1 amide bonds. The van der Waals surface area contributed by atoms with Crippen molar-refractivity contribution in [2.75, 3.05) is 40.9 Å². The van der Waals surface area contributed by atoms with Crippen molar-refractivity contribution in [2.45, 2.75) is 13.0 Å². The highest BCUT2D eigenvalue weighted by molar-refractivity contribution is 6.46. The lowest BCUT2D eigenvalue weighted by atomic mass is 9.95. The molecule has 176 valence electrons. The summed E-state index contributed by atoms with van der Waals surface area (Å²) in [4.78, 5) is 29.3. The van der Waals surface area contributed by atoms with Crippen molar-refractivity contribution < 1.29 is 29.3 Å². The van der Waals surface area contributed by atoms with Crippen LogP contribution in [0.4, 0.5) is 0 Å². The lowest BCUT2D eigenvalue weighted by molar-refractivity contribution is -0.140. The summed E-state index contributed by atoms with van der Waals surface area (Å²) >= 11 is 6.28. The van der Waals surface area contributed by atoms with Crippen LogP contribution < -0.4 is 9.47 Å². The van der Waals surface area contributed by atoms with Crippen LogP contribution >= 0.6 is 11.6 Å². The predicted molar refractivity (Wildman–Crippen MR) is 125 cm³/mol. The first-order valence-electron chi connectivity index (χ1n) is 10.4. The summed E-state index contributed by atoms with van der Waals surface area (Å²) in [7, 11) is 5.12. The van der Waals surface area contributed by atoms with Gasteiger partial charge in [-0.3, -0.25) is 9.59 Å². The second-order valence-electron chi connectivity index (χ2n) is 7.81. The number of likely N-dealkylation sites (tertiary alicyclic amines) is 1. The number of ether oxygens (including phenoxy) is 2. The van der Waals surface area contributed by atoms with Gasteiger partial charge in [-0.15, -0.1) is 0 Å². The first-order chi connectivity index (χ1) is 15.7. The SMILES string of the molecule is CCOc1ccc(/C(O)=C2\C(=O)C(=O)N(CCN(C)C)C2c2ccc(O)c(OC)c2)cc1Cl. The first-order valence-corrected chi connectivity index (χ1v) is 10.8. The first kappa shape index (κ1) is 24.4. The molecule has 1 heterocycles. The number of methoxy groups -OCH3 is 1. The highest BCUT2D eigenvalue weighted by Crippen LogP contribution is 2.42. The van der Waals surface area contributed by atoms with E-state index in [9.17, 15) is 19.8 Å². The van der Waals surface area contributed by atoms with E-state index < -0.39 is 17.7 Å². The van der Waals surface area contributed by atoms with Gasteiger partial charge in [0.05, 0.1) is 30.4 Å². The molecule has 9 heteroatoms. The van der Waals surface area contributed by atoms with Crippen LogP contribution in [-0.4, -0.2) is 72.6 Å². The van der Waals surface area contributed by atoms with Crippen LogP contribution in [0.15, 0.2) is 42.0 Å². The average molecular weight is 475 g/mol. The molecular weight excluding hydrogens is 448 g/mol. The highest BCUT2D eigenvalue weighted by atomic mass is 35.5. The molecule has 1 unspecified atom stereocenters. The molecule has 0 aliphatic carbocycles. The summed E-state index contributed by atoms with van der Waals surface area (Å²) in [6, 6.07) is 8.36. The molecule has 1 atom stereocenters. The van der Waals surface area contributed by atoms with Crippen LogP contribution in [0.5, 0.6) is 17.2 Å². The van der Waals surface area contributed by atoms with Gasteiger partial charge in [0.1, 0.15) is 11.5 Å². The molecule has 8 nitrogen and oxygen atoms in total. The minimum atomic E-state index is -0.871. The van der Waals surface area contributed by atoms with Gasteiger partial charge in [0.15, 0.2) is 11.5 Å². The number of rotatable bonds is 8. The molecule has 33 heavy (non-hydrogen) atoms. The molecule has 0 bridgehead atoms. The van der Waals surface area contributed by atoms with Crippen LogP contribution in [0.2, 0.25) is 5.02 Å². The number of aliphatic hydroxyl groups excluding tert-OH is 1. The van der Waals surface area contributed by atoms with Gasteiger partial charge in [0.25, 0.3) is 11.7 Å². The Morgan fingerprint density at radius 2 is 1.88 bits per heavy atom. The number of carbonyl (C=O) groups excluding carboxylic acids is 2. The maximum Gasteiger partial charge on any atom is 0.295 e. The number of aromatic hydroxyl groups is 1. The maximum absolute atomic E-state index is 13.1. The zero-order chi connectivity index (χ0) is 24.3. The molecule has 0 radical (unpaired) electrons. The number of benzene rings is 2. The van der Waals surface area contributed by atoms with Crippen molar-refractivity contribution in [1.29, 1.82) is 0 Å². The van der Waals surface area contributed by atoms with Gasteiger partial charge in [-0.05, 0) is 56.9 Å². The number of hydrogen-bond acceptors (Lipinski definition) is 7. The van der Waals surface area contributed by atoms with Gasteiger partial charge in [0.2, 0.25) is 0 Å². The summed E-state index contributed by atoms with van der Waals surface area (Å²) in [6.07, 6.45) is 0. The van der Waals surface area contributed by atoms with Crippen LogP contribution in [0.1, 0.15) is 24.1 Å². The van der Waals surface area contributed by atoms with Gasteiger partial charge >= 0.3 is 0 Å². The summed E-state index contributed by atoms with van der Waals surface area (Å²) in [5.41, 5.74) is 0.734. The van der Waals surface area contributed by atoms with E-state index in [-0.39, 0.29) is 40.0 Å². The van der Waals surface area contributed by atoms with Crippen LogP contribution in [0.25, 0.3) is 5.76 Å². The Morgan fingerprint density at radius 1 is 1.15 bits per heavy atom. The van der Waals surface area contributed by atoms with E-state index in [1.54, 1.807) is 24.3 Å². The summed E-state index contributed by atoms with van der Waals surface area (Å²) in [5, 5.41) is 21.4. The second-order valence-corrected chi connectivity index (χ2v) is 8.21. The molecule has 1 aliphatic rings. The number of aliphatic hydroxyl groups is 1. The fraction of sp³-hybridized carbons (Fsp3) is 0.333. The van der Waals surface area contributed by atoms with E-state index in [0.717, 1.165) is 0 Å². The monoisotopic (exact) mass is 474 g/mol. The Bertz CT molecular complexity index is 1100. The van der Waals surface area contributed by atoms with E-state index in [1.165, 1.54) is 24.1 Å². The summed E-state index contributed by atoms with van der Waals surface area (Å²) in [6.45, 7) is 3.01. The Labute approximate surface area is 197 Å². The number of halogens is 1. The van der Waals surface area contributed by atoms with E-state index >= 15 is 0 Å². The number of phenolic OH excluding ortho intramolecular Hbond substituents is 1. The fourth-order valence-electron chi connectivity index (χ4n) is 3.71. The average Bonchev–Trinajstić information content (AvgIpc) is 3.03. The number of carbonyl (C=O) groups is 2. The summed E-state index contributed by atoms with van der Waals surface area (Å²) < 4.78 is 10.6. The Morgan fingerprint density at radius 3 is 2.48 bits per heavy atom. The molecule has 2 aromatic rings. The van der Waals surface area contributed by atoms with Gasteiger partial charge in [-0.1, -0.05) is 17.7 Å². The molecule has 1 saturated heterocycles. The molecule has 2 N–H and O–H groups in total. The molecular formula is C24H27ClN2O6. The number of phenols is 1. The second kappa shape index (κ2) is 10.1. The van der Waals surface area contributed by atoms with E-state index in [1.807, 2.05) is 25.9 Å². The van der Waals surface area contributed by atoms with Gasteiger partial charge in [-0.2, -0.15) is 0 Å². The fourth-order valence-corrected chi connectivity index (χ4v) is 3.94. The highest BCUT2D eigenvalue weighted by Gasteiger charge is 2.46. The normalized spacial score (nSPS) is 17.6. The van der Waals surface area contributed by atoms with Crippen molar-refractivity contribution in [3.63, 3.8) is 0 Å². The number of amides is 1. The predicted octanol–water partition coefficient (Wildman–Crippen LogP) is 3.44. The Hall–Kier alpha value is -3.23. The number of nitrogens with zero attached hydrogens (tertiary/aromatic N) is 2. The van der Waals surface area contributed by atoms with Crippen molar-refractivity contribution in [2.24, 2.45) is 0 Å². The zero-order valence-corrected chi connectivity index (χ0v) is 19.7. The maximum atomic E-state index is 13.1. The molecule has 0 aromatic heterocycles. The van der Waals surface area contributed by atoms with Crippen molar-refractivity contribution in [3.8, 4) is 17.2 Å². The van der Waals surface area contributed by atoms with E-state index in [4.69, 9.17) is 21.1 Å². The standard InChI is InChI=1S/C24H27ClN2O6/c1-5-33-18-9-7-15(12-16(18)25)22(29)20-21(14-6-8-17(28)19(13-14)32-4)27(11-10-26(2)3)24(31)23(20)30/h6-9,12-13,21,28-29H,5,10-11H2,1-4H3/b22-20+. The van der Waals surface area contributed by atoms with Crippen LogP contribution in [0.3, 0.4) is 0 Å². The van der Waals surface area contributed by atoms with E-state index in [0.29, 0.717) is 24.5 Å². The molecule has 2 aromatic carbocycles. The molecule has 1 aliphatic heterocycles. The Balaban J connectivity index is 2.17.